The summed E-state index contributed by atoms with van der Waals surface area (Å²) in [6, 6.07) is 18.6. The molecule has 2 aliphatic rings. The lowest BCUT2D eigenvalue weighted by Gasteiger charge is -2.13. The van der Waals surface area contributed by atoms with Crippen LogP contribution in [-0.2, 0) is 11.2 Å². The van der Waals surface area contributed by atoms with E-state index in [2.05, 4.69) is 0 Å². The van der Waals surface area contributed by atoms with Gasteiger partial charge in [-0.3, -0.25) is 19.3 Å². The normalized spacial score (nSPS) is 14.3. The molecule has 8 heteroatoms. The molecule has 0 radical (unpaired) electrons. The third-order valence-corrected chi connectivity index (χ3v) is 6.08. The van der Waals surface area contributed by atoms with Gasteiger partial charge in [-0.1, -0.05) is 30.3 Å². The van der Waals surface area contributed by atoms with E-state index in [0.717, 1.165) is 12.0 Å². The first-order valence-electron chi connectivity index (χ1n) is 11.7. The zero-order chi connectivity index (χ0) is 25.1. The van der Waals surface area contributed by atoms with Crippen LogP contribution in [0.25, 0.3) is 0 Å². The number of carbonyl (C=O) groups is 4. The number of hydrogen-bond acceptors (Lipinski definition) is 7. The number of ether oxygens (including phenoxy) is 3. The molecule has 0 aliphatic carbocycles. The molecule has 0 unspecified atom stereocenters. The van der Waals surface area contributed by atoms with E-state index in [0.29, 0.717) is 36.7 Å². The Bertz CT molecular complexity index is 1350. The minimum absolute atomic E-state index is 0.0891. The first-order chi connectivity index (χ1) is 17.5. The van der Waals surface area contributed by atoms with Crippen molar-refractivity contribution in [1.29, 1.82) is 0 Å². The molecule has 2 aliphatic heterocycles. The lowest BCUT2D eigenvalue weighted by atomic mass is 10.1. The van der Waals surface area contributed by atoms with Gasteiger partial charge in [0.05, 0.1) is 29.9 Å². The fourth-order valence-electron chi connectivity index (χ4n) is 4.14. The molecule has 2 amide bonds. The van der Waals surface area contributed by atoms with Crippen LogP contribution in [0.3, 0.4) is 0 Å². The number of rotatable bonds is 7. The van der Waals surface area contributed by atoms with E-state index in [1.807, 2.05) is 30.3 Å². The van der Waals surface area contributed by atoms with E-state index in [-0.39, 0.29) is 23.2 Å². The fourth-order valence-corrected chi connectivity index (χ4v) is 4.14. The van der Waals surface area contributed by atoms with Gasteiger partial charge in [-0.25, -0.2) is 4.79 Å². The fraction of sp³-hybridized carbons (Fsp3) is 0.214. The quantitative estimate of drug-likeness (QED) is 0.286. The molecule has 36 heavy (non-hydrogen) atoms. The zero-order valence-electron chi connectivity index (χ0n) is 19.4. The van der Waals surface area contributed by atoms with E-state index in [1.54, 1.807) is 18.2 Å². The Balaban J connectivity index is 1.22. The summed E-state index contributed by atoms with van der Waals surface area (Å²) in [5.74, 6) is -0.972. The lowest BCUT2D eigenvalue weighted by molar-refractivity contribution is 0.0474. The predicted molar refractivity (Wildman–Crippen MR) is 129 cm³/mol. The molecule has 8 nitrogen and oxygen atoms in total. The Labute approximate surface area is 207 Å². The first-order valence-corrected chi connectivity index (χ1v) is 11.7. The second-order valence-corrected chi connectivity index (χ2v) is 8.47. The maximum absolute atomic E-state index is 12.9. The van der Waals surface area contributed by atoms with Gasteiger partial charge in [0.1, 0.15) is 0 Å². The van der Waals surface area contributed by atoms with Gasteiger partial charge in [-0.15, -0.1) is 0 Å². The van der Waals surface area contributed by atoms with Crippen LogP contribution in [-0.4, -0.2) is 54.8 Å². The number of Topliss-reactive ketones (excluding diaryl/α,β-unsaturated/α-hetero) is 1. The molecule has 3 aromatic rings. The van der Waals surface area contributed by atoms with Gasteiger partial charge < -0.3 is 14.2 Å². The molecule has 182 valence electrons. The van der Waals surface area contributed by atoms with Gasteiger partial charge >= 0.3 is 5.97 Å². The molecular formula is C28H23NO7. The van der Waals surface area contributed by atoms with Crippen molar-refractivity contribution in [2.75, 3.05) is 26.4 Å². The van der Waals surface area contributed by atoms with Crippen molar-refractivity contribution in [3.63, 3.8) is 0 Å². The summed E-state index contributed by atoms with van der Waals surface area (Å²) in [7, 11) is 0. The van der Waals surface area contributed by atoms with Crippen LogP contribution in [0.15, 0.2) is 66.7 Å². The summed E-state index contributed by atoms with van der Waals surface area (Å²) >= 11 is 0. The number of esters is 1. The van der Waals surface area contributed by atoms with Crippen molar-refractivity contribution < 1.29 is 33.4 Å². The molecule has 0 saturated carbocycles. The Morgan fingerprint density at radius 1 is 0.806 bits per heavy atom. The monoisotopic (exact) mass is 485 g/mol. The molecule has 0 saturated heterocycles. The van der Waals surface area contributed by atoms with Gasteiger partial charge in [0.2, 0.25) is 0 Å². The molecule has 0 spiro atoms. The SMILES string of the molecule is O=C(COC(=O)c1ccc2c(c1)C(=O)N(CCc1ccccc1)C2=O)c1ccc2c(c1)OCCCO2. The van der Waals surface area contributed by atoms with Gasteiger partial charge in [0.15, 0.2) is 23.9 Å². The van der Waals surface area contributed by atoms with Gasteiger partial charge in [0, 0.05) is 18.5 Å². The molecule has 0 fully saturated rings. The van der Waals surface area contributed by atoms with Gasteiger partial charge in [0.25, 0.3) is 11.8 Å². The molecule has 5 rings (SSSR count). The topological polar surface area (TPSA) is 99.2 Å². The minimum Gasteiger partial charge on any atom is -0.490 e. The third-order valence-electron chi connectivity index (χ3n) is 6.08. The summed E-state index contributed by atoms with van der Waals surface area (Å²) in [5, 5.41) is 0. The summed E-state index contributed by atoms with van der Waals surface area (Å²) in [6.07, 6.45) is 1.28. The van der Waals surface area contributed by atoms with E-state index >= 15 is 0 Å². The summed E-state index contributed by atoms with van der Waals surface area (Å²) in [6.45, 7) is 0.784. The molecule has 0 N–H and O–H groups in total. The van der Waals surface area contributed by atoms with Crippen LogP contribution in [0.2, 0.25) is 0 Å². The molecule has 3 aromatic carbocycles. The average Bonchev–Trinajstić information content (AvgIpc) is 3.05. The number of benzene rings is 3. The first kappa shape index (κ1) is 23.3. The maximum atomic E-state index is 12.9. The second kappa shape index (κ2) is 10.0. The smallest absolute Gasteiger partial charge is 0.338 e. The molecule has 0 atom stereocenters. The van der Waals surface area contributed by atoms with Crippen molar-refractivity contribution in [1.82, 2.24) is 4.90 Å². The average molecular weight is 485 g/mol. The van der Waals surface area contributed by atoms with Crippen LogP contribution in [0.4, 0.5) is 0 Å². The summed E-state index contributed by atoms with van der Waals surface area (Å²) < 4.78 is 16.4. The standard InChI is InChI=1S/C28H23NO7/c30-23(19-8-10-24-25(16-19)35-14-4-13-34-24)17-36-28(33)20-7-9-21-22(15-20)27(32)29(26(21)31)12-11-18-5-2-1-3-6-18/h1-3,5-10,15-16H,4,11-14,17H2. The minimum atomic E-state index is -0.761. The van der Waals surface area contributed by atoms with Crippen LogP contribution in [0.5, 0.6) is 11.5 Å². The third kappa shape index (κ3) is 4.70. The maximum Gasteiger partial charge on any atom is 0.338 e. The number of fused-ring (bicyclic) bond motifs is 2. The van der Waals surface area contributed by atoms with E-state index in [9.17, 15) is 19.2 Å². The van der Waals surface area contributed by atoms with Crippen LogP contribution in [0, 0.1) is 0 Å². The highest BCUT2D eigenvalue weighted by atomic mass is 16.5. The number of carbonyl (C=O) groups excluding carboxylic acids is 4. The molecular weight excluding hydrogens is 462 g/mol. The predicted octanol–water partition coefficient (Wildman–Crippen LogP) is 3.73. The van der Waals surface area contributed by atoms with Gasteiger partial charge in [-0.05, 0) is 48.4 Å². The molecule has 2 heterocycles. The highest BCUT2D eigenvalue weighted by molar-refractivity contribution is 6.22. The molecule has 0 bridgehead atoms. The Morgan fingerprint density at radius 3 is 2.33 bits per heavy atom. The Kier molecular flexibility index (Phi) is 6.49. The van der Waals surface area contributed by atoms with E-state index in [4.69, 9.17) is 14.2 Å². The molecule has 0 aromatic heterocycles. The number of hydrogen-bond donors (Lipinski definition) is 0. The number of ketones is 1. The lowest BCUT2D eigenvalue weighted by Crippen LogP contribution is -2.31. The van der Waals surface area contributed by atoms with Crippen molar-refractivity contribution >= 4 is 23.6 Å². The Hall–Kier alpha value is -4.46. The van der Waals surface area contributed by atoms with E-state index < -0.39 is 30.2 Å². The summed E-state index contributed by atoms with van der Waals surface area (Å²) in [5.41, 5.74) is 1.82. The largest absolute Gasteiger partial charge is 0.490 e. The number of nitrogens with zero attached hydrogens (tertiary/aromatic N) is 1. The number of imide groups is 1. The van der Waals surface area contributed by atoms with Crippen molar-refractivity contribution in [2.45, 2.75) is 12.8 Å². The van der Waals surface area contributed by atoms with Crippen LogP contribution in [0.1, 0.15) is 53.4 Å². The Morgan fingerprint density at radius 2 is 1.53 bits per heavy atom. The van der Waals surface area contributed by atoms with Crippen molar-refractivity contribution in [3.05, 3.63) is 94.5 Å². The summed E-state index contributed by atoms with van der Waals surface area (Å²) in [4.78, 5) is 52.0. The van der Waals surface area contributed by atoms with E-state index in [1.165, 1.54) is 23.1 Å². The number of amides is 2. The van der Waals surface area contributed by atoms with Gasteiger partial charge in [-0.2, -0.15) is 0 Å². The van der Waals surface area contributed by atoms with Crippen molar-refractivity contribution in [2.24, 2.45) is 0 Å². The zero-order valence-corrected chi connectivity index (χ0v) is 19.4. The second-order valence-electron chi connectivity index (χ2n) is 8.47. The van der Waals surface area contributed by atoms with Crippen LogP contribution < -0.4 is 9.47 Å². The van der Waals surface area contributed by atoms with Crippen molar-refractivity contribution in [3.8, 4) is 11.5 Å². The highest BCUT2D eigenvalue weighted by Crippen LogP contribution is 2.30. The highest BCUT2D eigenvalue weighted by Gasteiger charge is 2.35. The van der Waals surface area contributed by atoms with Crippen LogP contribution >= 0.6 is 0 Å².